The zero-order valence-electron chi connectivity index (χ0n) is 21.0. The third-order valence-corrected chi connectivity index (χ3v) is 9.60. The van der Waals surface area contributed by atoms with E-state index in [1.807, 2.05) is 17.0 Å². The lowest BCUT2D eigenvalue weighted by Crippen LogP contribution is -2.50. The lowest BCUT2D eigenvalue weighted by atomic mass is 9.90. The Balaban J connectivity index is 1.47. The lowest BCUT2D eigenvalue weighted by molar-refractivity contribution is 0.181. The van der Waals surface area contributed by atoms with Crippen LogP contribution in [0, 0.1) is 0 Å². The number of fused-ring (bicyclic) bond motifs is 1. The minimum absolute atomic E-state index is 0.154. The summed E-state index contributed by atoms with van der Waals surface area (Å²) >= 11 is 6.18. The molecule has 10 heteroatoms. The molecule has 0 saturated carbocycles. The van der Waals surface area contributed by atoms with Gasteiger partial charge in [-0.05, 0) is 56.0 Å². The number of benzene rings is 2. The van der Waals surface area contributed by atoms with E-state index in [0.29, 0.717) is 42.6 Å². The normalized spacial score (nSPS) is 18.6. The number of ether oxygens (including phenoxy) is 1. The Morgan fingerprint density at radius 1 is 1.03 bits per heavy atom. The van der Waals surface area contributed by atoms with Gasteiger partial charge in [0.1, 0.15) is 11.8 Å². The number of sulfonamides is 1. The minimum atomic E-state index is -3.34. The zero-order valence-corrected chi connectivity index (χ0v) is 22.6. The van der Waals surface area contributed by atoms with E-state index in [2.05, 4.69) is 17.2 Å². The second-order valence-corrected chi connectivity index (χ2v) is 12.7. The van der Waals surface area contributed by atoms with Crippen LogP contribution in [0.1, 0.15) is 31.4 Å². The fraction of sp³-hybridized carbons (Fsp3) is 0.407. The Bertz CT molecular complexity index is 1450. The van der Waals surface area contributed by atoms with Gasteiger partial charge in [-0.2, -0.15) is 14.1 Å². The van der Waals surface area contributed by atoms with Crippen LogP contribution in [0.5, 0.6) is 5.75 Å². The monoisotopic (exact) mass is 542 g/mol. The predicted molar refractivity (Wildman–Crippen MR) is 146 cm³/mol. The summed E-state index contributed by atoms with van der Waals surface area (Å²) in [6, 6.07) is 15.3. The Morgan fingerprint density at radius 3 is 2.46 bits per heavy atom. The van der Waals surface area contributed by atoms with Gasteiger partial charge in [0.15, 0.2) is 0 Å². The third-order valence-electron chi connectivity index (χ3n) is 7.09. The summed E-state index contributed by atoms with van der Waals surface area (Å²) in [6.45, 7) is 4.95. The van der Waals surface area contributed by atoms with Crippen LogP contribution in [0.3, 0.4) is 0 Å². The zero-order chi connectivity index (χ0) is 26.2. The van der Waals surface area contributed by atoms with E-state index in [1.165, 1.54) is 20.1 Å². The molecule has 5 rings (SSSR count). The molecule has 0 radical (unpaired) electrons. The molecule has 8 nitrogen and oxygen atoms in total. The van der Waals surface area contributed by atoms with E-state index in [9.17, 15) is 13.2 Å². The van der Waals surface area contributed by atoms with Crippen molar-refractivity contribution in [1.82, 2.24) is 14.1 Å². The minimum Gasteiger partial charge on any atom is -0.483 e. The van der Waals surface area contributed by atoms with Crippen molar-refractivity contribution in [3.05, 3.63) is 81.2 Å². The number of aryl methyl sites for hydroxylation is 1. The largest absolute Gasteiger partial charge is 0.483 e. The van der Waals surface area contributed by atoms with Gasteiger partial charge in [-0.3, -0.25) is 4.79 Å². The summed E-state index contributed by atoms with van der Waals surface area (Å²) in [5.41, 5.74) is 3.32. The van der Waals surface area contributed by atoms with Crippen LogP contribution in [0.4, 0.5) is 5.69 Å². The molecule has 1 unspecified atom stereocenters. The molecule has 2 aliphatic rings. The van der Waals surface area contributed by atoms with Crippen LogP contribution in [0.15, 0.2) is 59.5 Å². The Labute approximate surface area is 222 Å². The molecular formula is C27H31ClN4O4S. The van der Waals surface area contributed by atoms with Crippen molar-refractivity contribution >= 4 is 27.3 Å². The molecule has 1 aliphatic heterocycles. The summed E-state index contributed by atoms with van der Waals surface area (Å²) in [7, 11) is -3.34. The molecule has 1 saturated heterocycles. The average molecular weight is 543 g/mol. The molecule has 0 spiro atoms. The lowest BCUT2D eigenvalue weighted by Gasteiger charge is -2.37. The van der Waals surface area contributed by atoms with Crippen molar-refractivity contribution in [3.63, 3.8) is 0 Å². The second-order valence-electron chi connectivity index (χ2n) is 9.79. The van der Waals surface area contributed by atoms with E-state index < -0.39 is 15.3 Å². The third kappa shape index (κ3) is 5.26. The van der Waals surface area contributed by atoms with Gasteiger partial charge in [0.2, 0.25) is 15.8 Å². The summed E-state index contributed by atoms with van der Waals surface area (Å²) in [5.74, 6) is 0.236. The summed E-state index contributed by atoms with van der Waals surface area (Å²) < 4.78 is 34.6. The highest BCUT2D eigenvalue weighted by molar-refractivity contribution is 7.89. The van der Waals surface area contributed by atoms with Crippen molar-refractivity contribution in [3.8, 4) is 11.4 Å². The molecule has 3 aromatic rings. The Morgan fingerprint density at radius 2 is 1.76 bits per heavy atom. The van der Waals surface area contributed by atoms with Crippen molar-refractivity contribution < 1.29 is 13.2 Å². The topological polar surface area (TPSA) is 84.7 Å². The summed E-state index contributed by atoms with van der Waals surface area (Å²) in [6.07, 6.45) is 3.89. The first-order valence-corrected chi connectivity index (χ1v) is 14.5. The van der Waals surface area contributed by atoms with Crippen molar-refractivity contribution in [2.75, 3.05) is 31.1 Å². The maximum atomic E-state index is 13.8. The summed E-state index contributed by atoms with van der Waals surface area (Å²) in [5, 5.41) is 4.47. The molecule has 1 aromatic heterocycles. The number of hydrogen-bond acceptors (Lipinski definition) is 6. The summed E-state index contributed by atoms with van der Waals surface area (Å²) in [4.78, 5) is 15.8. The molecule has 0 amide bonds. The van der Waals surface area contributed by atoms with Gasteiger partial charge in [0, 0.05) is 37.6 Å². The predicted octanol–water partition coefficient (Wildman–Crippen LogP) is 3.68. The van der Waals surface area contributed by atoms with Crippen LogP contribution >= 0.6 is 11.6 Å². The maximum absolute atomic E-state index is 13.8. The van der Waals surface area contributed by atoms with E-state index in [0.717, 1.165) is 19.3 Å². The molecule has 0 N–H and O–H groups in total. The number of anilines is 1. The fourth-order valence-electron chi connectivity index (χ4n) is 4.97. The molecule has 1 aliphatic carbocycles. The van der Waals surface area contributed by atoms with Crippen LogP contribution in [-0.4, -0.2) is 60.0 Å². The Hall–Kier alpha value is -2.88. The van der Waals surface area contributed by atoms with Gasteiger partial charge >= 0.3 is 5.56 Å². The molecule has 0 bridgehead atoms. The molecule has 196 valence electrons. The van der Waals surface area contributed by atoms with Crippen molar-refractivity contribution in [2.24, 2.45) is 0 Å². The van der Waals surface area contributed by atoms with Crippen LogP contribution < -0.4 is 15.2 Å². The van der Waals surface area contributed by atoms with Gasteiger partial charge in [-0.1, -0.05) is 41.9 Å². The van der Waals surface area contributed by atoms with E-state index in [4.69, 9.17) is 16.3 Å². The number of halogens is 1. The van der Waals surface area contributed by atoms with Crippen LogP contribution in [0.25, 0.3) is 5.69 Å². The van der Waals surface area contributed by atoms with Crippen LogP contribution in [-0.2, 0) is 22.9 Å². The molecule has 2 heterocycles. The van der Waals surface area contributed by atoms with Gasteiger partial charge < -0.3 is 9.64 Å². The first-order valence-electron chi connectivity index (χ1n) is 12.6. The smallest absolute Gasteiger partial charge is 0.316 e. The number of nitrogens with zero attached hydrogens (tertiary/aromatic N) is 4. The molecule has 1 fully saturated rings. The SMILES string of the molecule is CC(C)S(=O)(=O)N1CCN(c2cnn(-c3cccc(Cl)c3)c(=O)c2OC2CCc3ccccc3C2)CC1. The quantitative estimate of drug-likeness (QED) is 0.472. The van der Waals surface area contributed by atoms with Crippen molar-refractivity contribution in [2.45, 2.75) is 44.5 Å². The maximum Gasteiger partial charge on any atom is 0.316 e. The highest BCUT2D eigenvalue weighted by Gasteiger charge is 2.32. The van der Waals surface area contributed by atoms with Crippen LogP contribution in [0.2, 0.25) is 5.02 Å². The number of piperazine rings is 1. The molecule has 1 atom stereocenters. The average Bonchev–Trinajstić information content (AvgIpc) is 2.89. The Kier molecular flexibility index (Phi) is 7.29. The molecule has 37 heavy (non-hydrogen) atoms. The number of aromatic nitrogens is 2. The first-order chi connectivity index (χ1) is 17.7. The fourth-order valence-corrected chi connectivity index (χ4v) is 6.42. The second kappa shape index (κ2) is 10.5. The van der Waals surface area contributed by atoms with Gasteiger partial charge in [-0.25, -0.2) is 8.42 Å². The first kappa shape index (κ1) is 25.8. The molecular weight excluding hydrogens is 512 g/mol. The number of rotatable bonds is 6. The van der Waals surface area contributed by atoms with Gasteiger partial charge in [0.05, 0.1) is 17.1 Å². The van der Waals surface area contributed by atoms with Crippen molar-refractivity contribution in [1.29, 1.82) is 0 Å². The molecule has 2 aromatic carbocycles. The van der Waals surface area contributed by atoms with Gasteiger partial charge in [0.25, 0.3) is 0 Å². The highest BCUT2D eigenvalue weighted by atomic mass is 35.5. The standard InChI is InChI=1S/C27H31ClN4O4S/c1-19(2)37(34,35)31-14-12-30(13-15-31)25-18-29-32(23-9-5-8-22(28)17-23)27(33)26(25)36-24-11-10-20-6-3-4-7-21(20)16-24/h3-9,17-19,24H,10-16H2,1-2H3. The van der Waals surface area contributed by atoms with E-state index in [-0.39, 0.29) is 17.4 Å². The van der Waals surface area contributed by atoms with Gasteiger partial charge in [-0.15, -0.1) is 0 Å². The number of hydrogen-bond donors (Lipinski definition) is 0. The van der Waals surface area contributed by atoms with E-state index >= 15 is 0 Å². The highest BCUT2D eigenvalue weighted by Crippen LogP contribution is 2.30. The van der Waals surface area contributed by atoms with E-state index in [1.54, 1.807) is 44.3 Å².